The minimum absolute atomic E-state index is 0.199. The second-order valence-corrected chi connectivity index (χ2v) is 8.78. The van der Waals surface area contributed by atoms with Gasteiger partial charge in [-0.05, 0) is 31.9 Å². The molecule has 1 aliphatic rings. The van der Waals surface area contributed by atoms with E-state index in [4.69, 9.17) is 4.74 Å². The topological polar surface area (TPSA) is 110 Å². The van der Waals surface area contributed by atoms with Crippen molar-refractivity contribution in [3.05, 3.63) is 34.8 Å². The number of sulfonamides is 1. The van der Waals surface area contributed by atoms with E-state index in [0.29, 0.717) is 29.6 Å². The Morgan fingerprint density at radius 1 is 1.31 bits per heavy atom. The van der Waals surface area contributed by atoms with Crippen molar-refractivity contribution in [3.63, 3.8) is 0 Å². The average Bonchev–Trinajstić information content (AvgIpc) is 3.27. The van der Waals surface area contributed by atoms with Crippen LogP contribution in [0.4, 0.5) is 5.13 Å². The summed E-state index contributed by atoms with van der Waals surface area (Å²) in [6.07, 6.45) is 1.54. The second kappa shape index (κ2) is 8.21. The van der Waals surface area contributed by atoms with Crippen LogP contribution in [0.25, 0.3) is 0 Å². The van der Waals surface area contributed by atoms with Crippen molar-refractivity contribution in [3.8, 4) is 0 Å². The number of nitrogens with zero attached hydrogens (tertiary/aromatic N) is 2. The van der Waals surface area contributed by atoms with E-state index < -0.39 is 16.1 Å². The third-order valence-corrected chi connectivity index (χ3v) is 6.26. The molecular weight excluding hydrogens is 376 g/mol. The van der Waals surface area contributed by atoms with Gasteiger partial charge in [0.1, 0.15) is 11.1 Å². The van der Waals surface area contributed by atoms with Crippen LogP contribution in [-0.2, 0) is 26.0 Å². The Bertz CT molecular complexity index is 859. The van der Waals surface area contributed by atoms with Gasteiger partial charge in [0.05, 0.1) is 4.90 Å². The van der Waals surface area contributed by atoms with Crippen LogP contribution >= 0.6 is 11.3 Å². The molecule has 3 rings (SSSR count). The van der Waals surface area contributed by atoms with Gasteiger partial charge in [-0.25, -0.2) is 13.1 Å². The summed E-state index contributed by atoms with van der Waals surface area (Å²) in [5, 5.41) is 11.6. The number of hydrogen-bond donors (Lipinski definition) is 2. The molecule has 8 nitrogen and oxygen atoms in total. The molecule has 26 heavy (non-hydrogen) atoms. The Balaban J connectivity index is 1.50. The molecule has 0 bridgehead atoms. The average molecular weight is 396 g/mol. The lowest BCUT2D eigenvalue weighted by atomic mass is 10.2. The predicted molar refractivity (Wildman–Crippen MR) is 97.6 cm³/mol. The number of ether oxygens (including phenoxy) is 1. The first-order chi connectivity index (χ1) is 12.4. The quantitative estimate of drug-likeness (QED) is 0.734. The van der Waals surface area contributed by atoms with Crippen LogP contribution < -0.4 is 10.0 Å². The number of nitrogens with one attached hydrogen (secondary N) is 2. The smallest absolute Gasteiger partial charge is 0.255 e. The van der Waals surface area contributed by atoms with Gasteiger partial charge in [-0.1, -0.05) is 29.0 Å². The summed E-state index contributed by atoms with van der Waals surface area (Å²) in [5.41, 5.74) is 0.996. The van der Waals surface area contributed by atoms with Gasteiger partial charge in [0.15, 0.2) is 0 Å². The first-order valence-corrected chi connectivity index (χ1v) is 10.6. The maximum absolute atomic E-state index is 12.2. The lowest BCUT2D eigenvalue weighted by Gasteiger charge is -2.07. The SMILES string of the molecule is Cc1ccc(S(=O)(=O)NCCc2nnc(NC(=O)C3CCCO3)s2)cc1. The number of hydrogen-bond acceptors (Lipinski definition) is 7. The molecule has 1 unspecified atom stereocenters. The zero-order valence-electron chi connectivity index (χ0n) is 14.3. The third-order valence-electron chi connectivity index (χ3n) is 3.88. The van der Waals surface area contributed by atoms with Gasteiger partial charge in [-0.15, -0.1) is 10.2 Å². The van der Waals surface area contributed by atoms with Crippen molar-refractivity contribution in [2.24, 2.45) is 0 Å². The van der Waals surface area contributed by atoms with Crippen LogP contribution in [0.15, 0.2) is 29.2 Å². The summed E-state index contributed by atoms with van der Waals surface area (Å²) in [7, 11) is -3.55. The summed E-state index contributed by atoms with van der Waals surface area (Å²) in [5.74, 6) is -0.217. The Morgan fingerprint density at radius 3 is 2.77 bits per heavy atom. The van der Waals surface area contributed by atoms with Crippen molar-refractivity contribution in [2.75, 3.05) is 18.5 Å². The van der Waals surface area contributed by atoms with E-state index in [-0.39, 0.29) is 17.3 Å². The first kappa shape index (κ1) is 18.9. The Labute approximate surface area is 156 Å². The van der Waals surface area contributed by atoms with Crippen LogP contribution in [0.3, 0.4) is 0 Å². The van der Waals surface area contributed by atoms with Crippen LogP contribution in [0, 0.1) is 6.92 Å². The van der Waals surface area contributed by atoms with Crippen molar-refractivity contribution in [1.29, 1.82) is 0 Å². The van der Waals surface area contributed by atoms with Crippen molar-refractivity contribution < 1.29 is 17.9 Å². The molecular formula is C16H20N4O4S2. The molecule has 140 valence electrons. The number of rotatable bonds is 7. The van der Waals surface area contributed by atoms with Gasteiger partial charge in [0.2, 0.25) is 15.2 Å². The van der Waals surface area contributed by atoms with E-state index in [1.807, 2.05) is 6.92 Å². The summed E-state index contributed by atoms with van der Waals surface area (Å²) >= 11 is 1.22. The summed E-state index contributed by atoms with van der Waals surface area (Å²) in [4.78, 5) is 12.2. The molecule has 1 aliphatic heterocycles. The van der Waals surface area contributed by atoms with Gasteiger partial charge < -0.3 is 4.74 Å². The zero-order chi connectivity index (χ0) is 18.6. The standard InChI is InChI=1S/C16H20N4O4S2/c1-11-4-6-12(7-5-11)26(22,23)17-9-8-14-19-20-16(25-14)18-15(21)13-3-2-10-24-13/h4-7,13,17H,2-3,8-10H2,1H3,(H,18,20,21). The molecule has 10 heteroatoms. The molecule has 0 radical (unpaired) electrons. The molecule has 1 amide bonds. The Kier molecular flexibility index (Phi) is 5.97. The number of aromatic nitrogens is 2. The van der Waals surface area contributed by atoms with E-state index in [0.717, 1.165) is 12.0 Å². The van der Waals surface area contributed by atoms with E-state index in [2.05, 4.69) is 20.2 Å². The number of aryl methyl sites for hydroxylation is 1. The van der Waals surface area contributed by atoms with Crippen LogP contribution in [0.1, 0.15) is 23.4 Å². The first-order valence-electron chi connectivity index (χ1n) is 8.25. The highest BCUT2D eigenvalue weighted by Gasteiger charge is 2.24. The molecule has 0 saturated carbocycles. The number of anilines is 1. The Hall–Kier alpha value is -1.88. The fourth-order valence-electron chi connectivity index (χ4n) is 2.47. The molecule has 1 aromatic heterocycles. The fraction of sp³-hybridized carbons (Fsp3) is 0.438. The summed E-state index contributed by atoms with van der Waals surface area (Å²) in [6, 6.07) is 6.65. The van der Waals surface area contributed by atoms with Crippen LogP contribution in [0.2, 0.25) is 0 Å². The highest BCUT2D eigenvalue weighted by Crippen LogP contribution is 2.19. The predicted octanol–water partition coefficient (Wildman–Crippen LogP) is 1.49. The van der Waals surface area contributed by atoms with Crippen LogP contribution in [0.5, 0.6) is 0 Å². The number of carbonyl (C=O) groups is 1. The van der Waals surface area contributed by atoms with E-state index >= 15 is 0 Å². The molecule has 0 spiro atoms. The monoisotopic (exact) mass is 396 g/mol. The summed E-state index contributed by atoms with van der Waals surface area (Å²) in [6.45, 7) is 2.69. The van der Waals surface area contributed by atoms with Crippen LogP contribution in [-0.4, -0.2) is 43.8 Å². The van der Waals surface area contributed by atoms with Crippen molar-refractivity contribution >= 4 is 32.4 Å². The van der Waals surface area contributed by atoms with Gasteiger partial charge in [0.25, 0.3) is 5.91 Å². The Morgan fingerprint density at radius 2 is 2.08 bits per heavy atom. The molecule has 2 heterocycles. The van der Waals surface area contributed by atoms with Gasteiger partial charge in [0, 0.05) is 19.6 Å². The molecule has 2 aromatic rings. The fourth-order valence-corrected chi connectivity index (χ4v) is 4.24. The number of amides is 1. The van der Waals surface area contributed by atoms with E-state index in [1.54, 1.807) is 24.3 Å². The van der Waals surface area contributed by atoms with E-state index in [9.17, 15) is 13.2 Å². The molecule has 1 fully saturated rings. The minimum Gasteiger partial charge on any atom is -0.368 e. The lowest BCUT2D eigenvalue weighted by Crippen LogP contribution is -2.26. The molecule has 1 saturated heterocycles. The normalized spacial score (nSPS) is 17.3. The van der Waals surface area contributed by atoms with Crippen molar-refractivity contribution in [2.45, 2.75) is 37.2 Å². The maximum atomic E-state index is 12.2. The minimum atomic E-state index is -3.55. The van der Waals surface area contributed by atoms with E-state index in [1.165, 1.54) is 11.3 Å². The molecule has 1 atom stereocenters. The molecule has 0 aliphatic carbocycles. The third kappa shape index (κ3) is 4.85. The zero-order valence-corrected chi connectivity index (χ0v) is 15.9. The number of benzene rings is 1. The van der Waals surface area contributed by atoms with Crippen molar-refractivity contribution in [1.82, 2.24) is 14.9 Å². The van der Waals surface area contributed by atoms with Gasteiger partial charge in [-0.3, -0.25) is 10.1 Å². The second-order valence-electron chi connectivity index (χ2n) is 5.95. The summed E-state index contributed by atoms with van der Waals surface area (Å²) < 4.78 is 32.3. The largest absolute Gasteiger partial charge is 0.368 e. The molecule has 2 N–H and O–H groups in total. The number of carbonyl (C=O) groups excluding carboxylic acids is 1. The molecule has 1 aromatic carbocycles. The maximum Gasteiger partial charge on any atom is 0.255 e. The highest BCUT2D eigenvalue weighted by atomic mass is 32.2. The highest BCUT2D eigenvalue weighted by molar-refractivity contribution is 7.89. The van der Waals surface area contributed by atoms with Gasteiger partial charge in [-0.2, -0.15) is 0 Å². The van der Waals surface area contributed by atoms with Gasteiger partial charge >= 0.3 is 0 Å². The lowest BCUT2D eigenvalue weighted by molar-refractivity contribution is -0.124.